The van der Waals surface area contributed by atoms with Gasteiger partial charge in [-0.05, 0) is 42.5 Å². The van der Waals surface area contributed by atoms with Crippen LogP contribution in [0.5, 0.6) is 17.4 Å². The van der Waals surface area contributed by atoms with Crippen molar-refractivity contribution in [3.63, 3.8) is 0 Å². The summed E-state index contributed by atoms with van der Waals surface area (Å²) >= 11 is 1.90. The summed E-state index contributed by atoms with van der Waals surface area (Å²) in [6.45, 7) is 4.65. The molecule has 0 bridgehead atoms. The normalized spacial score (nSPS) is 22.9. The van der Waals surface area contributed by atoms with Crippen molar-refractivity contribution in [2.75, 3.05) is 0 Å². The van der Waals surface area contributed by atoms with E-state index >= 15 is 0 Å². The van der Waals surface area contributed by atoms with Crippen molar-refractivity contribution in [3.05, 3.63) is 60.2 Å². The first-order valence-corrected chi connectivity index (χ1v) is 10.5. The molecule has 1 aliphatic heterocycles. The lowest BCUT2D eigenvalue weighted by Gasteiger charge is -2.22. The van der Waals surface area contributed by atoms with Gasteiger partial charge in [-0.2, -0.15) is 0 Å². The Labute approximate surface area is 168 Å². The molecule has 1 N–H and O–H groups in total. The van der Waals surface area contributed by atoms with Gasteiger partial charge in [0.25, 0.3) is 0 Å². The summed E-state index contributed by atoms with van der Waals surface area (Å²) in [6, 6.07) is 17.5. The van der Waals surface area contributed by atoms with Gasteiger partial charge in [0.1, 0.15) is 17.0 Å². The lowest BCUT2D eigenvalue weighted by molar-refractivity contribution is 0.338. The van der Waals surface area contributed by atoms with Crippen LogP contribution in [0.25, 0.3) is 10.9 Å². The van der Waals surface area contributed by atoms with Crippen LogP contribution in [0.3, 0.4) is 0 Å². The average Bonchev–Trinajstić information content (AvgIpc) is 3.24. The lowest BCUT2D eigenvalue weighted by atomic mass is 9.88. The van der Waals surface area contributed by atoms with Crippen molar-refractivity contribution in [3.8, 4) is 17.4 Å². The average molecular weight is 391 g/mol. The van der Waals surface area contributed by atoms with Gasteiger partial charge in [0.2, 0.25) is 5.88 Å². The molecule has 4 nitrogen and oxygen atoms in total. The largest absolute Gasteiger partial charge is 0.506 e. The second kappa shape index (κ2) is 6.52. The Kier molecular flexibility index (Phi) is 4.09. The number of hydrogen-bond donors (Lipinski definition) is 1. The molecule has 1 fully saturated rings. The van der Waals surface area contributed by atoms with Crippen LogP contribution in [0.4, 0.5) is 0 Å². The monoisotopic (exact) mass is 390 g/mol. The van der Waals surface area contributed by atoms with Gasteiger partial charge in [0.05, 0.1) is 11.1 Å². The summed E-state index contributed by atoms with van der Waals surface area (Å²) in [5.41, 5.74) is 1.92. The highest BCUT2D eigenvalue weighted by Crippen LogP contribution is 2.49. The summed E-state index contributed by atoms with van der Waals surface area (Å²) in [5, 5.41) is 12.6. The summed E-state index contributed by atoms with van der Waals surface area (Å²) in [7, 11) is 0. The zero-order valence-corrected chi connectivity index (χ0v) is 16.7. The van der Waals surface area contributed by atoms with Gasteiger partial charge in [0.15, 0.2) is 0 Å². The minimum atomic E-state index is 0.155. The van der Waals surface area contributed by atoms with E-state index in [1.807, 2.05) is 48.2 Å². The fourth-order valence-corrected chi connectivity index (χ4v) is 5.65. The van der Waals surface area contributed by atoms with E-state index in [0.717, 1.165) is 21.7 Å². The van der Waals surface area contributed by atoms with Crippen LogP contribution in [0.1, 0.15) is 32.3 Å². The van der Waals surface area contributed by atoms with Crippen molar-refractivity contribution in [1.29, 1.82) is 0 Å². The van der Waals surface area contributed by atoms with E-state index in [1.54, 1.807) is 12.1 Å². The molecule has 5 rings (SSSR count). The van der Waals surface area contributed by atoms with Crippen LogP contribution in [0, 0.1) is 5.41 Å². The molecule has 0 spiro atoms. The third-order valence-electron chi connectivity index (χ3n) is 5.72. The predicted molar refractivity (Wildman–Crippen MR) is 115 cm³/mol. The van der Waals surface area contributed by atoms with Gasteiger partial charge in [-0.3, -0.25) is 4.99 Å². The van der Waals surface area contributed by atoms with Crippen LogP contribution in [0.2, 0.25) is 0 Å². The van der Waals surface area contributed by atoms with Crippen molar-refractivity contribution in [2.24, 2.45) is 10.4 Å². The Balaban J connectivity index is 1.42. The smallest absolute Gasteiger partial charge is 0.219 e. The second-order valence-corrected chi connectivity index (χ2v) is 9.42. The van der Waals surface area contributed by atoms with Crippen LogP contribution >= 0.6 is 11.8 Å². The number of nitrogens with zero attached hydrogens (tertiary/aromatic N) is 2. The van der Waals surface area contributed by atoms with Crippen LogP contribution in [0.15, 0.2) is 59.6 Å². The van der Waals surface area contributed by atoms with Crippen molar-refractivity contribution >= 4 is 27.7 Å². The lowest BCUT2D eigenvalue weighted by Crippen LogP contribution is -2.24. The molecule has 0 radical (unpaired) electrons. The van der Waals surface area contributed by atoms with Gasteiger partial charge in [-0.1, -0.05) is 38.1 Å². The standard InChI is InChI=1S/C23H22N2O2S/c1-23(2)12-11-18-21(23)25-22(28-18)15-6-3-7-16(13-15)27-19-10-9-14-5-4-8-17(26)20(14)24-19/h3-10,13,18,21,26H,11-12H2,1-2H3/t18-,21+/m0/s1. The van der Waals surface area contributed by atoms with E-state index in [2.05, 4.69) is 24.9 Å². The Morgan fingerprint density at radius 2 is 1.96 bits per heavy atom. The first-order chi connectivity index (χ1) is 13.5. The highest BCUT2D eigenvalue weighted by atomic mass is 32.2. The molecule has 0 amide bonds. The molecule has 0 saturated heterocycles. The molecule has 2 aliphatic rings. The first kappa shape index (κ1) is 17.6. The van der Waals surface area contributed by atoms with Gasteiger partial charge in [-0.25, -0.2) is 4.98 Å². The number of rotatable bonds is 3. The fraction of sp³-hybridized carbons (Fsp3) is 0.304. The summed E-state index contributed by atoms with van der Waals surface area (Å²) in [4.78, 5) is 9.50. The fourth-order valence-electron chi connectivity index (χ4n) is 4.13. The van der Waals surface area contributed by atoms with E-state index < -0.39 is 0 Å². The molecule has 2 atom stereocenters. The van der Waals surface area contributed by atoms with Crippen LogP contribution in [-0.4, -0.2) is 26.4 Å². The Morgan fingerprint density at radius 1 is 1.11 bits per heavy atom. The number of thioether (sulfide) groups is 1. The Morgan fingerprint density at radius 3 is 2.82 bits per heavy atom. The molecule has 28 heavy (non-hydrogen) atoms. The van der Waals surface area contributed by atoms with E-state index in [4.69, 9.17) is 9.73 Å². The number of ether oxygens (including phenoxy) is 1. The van der Waals surface area contributed by atoms with Gasteiger partial charge in [0, 0.05) is 22.3 Å². The number of benzene rings is 2. The molecule has 1 aliphatic carbocycles. The second-order valence-electron chi connectivity index (χ2n) is 8.19. The number of aliphatic imine (C=N–C) groups is 1. The number of pyridine rings is 1. The highest BCUT2D eigenvalue weighted by Gasteiger charge is 2.46. The molecule has 1 aromatic heterocycles. The summed E-state index contributed by atoms with van der Waals surface area (Å²) in [6.07, 6.45) is 2.48. The maximum Gasteiger partial charge on any atom is 0.219 e. The quantitative estimate of drug-likeness (QED) is 0.615. The number of phenols is 1. The van der Waals surface area contributed by atoms with Gasteiger partial charge >= 0.3 is 0 Å². The zero-order chi connectivity index (χ0) is 19.3. The minimum Gasteiger partial charge on any atom is -0.506 e. The summed E-state index contributed by atoms with van der Waals surface area (Å²) < 4.78 is 5.99. The van der Waals surface area contributed by atoms with E-state index in [0.29, 0.717) is 22.7 Å². The molecule has 1 saturated carbocycles. The molecule has 142 valence electrons. The van der Waals surface area contributed by atoms with Crippen LogP contribution < -0.4 is 4.74 Å². The number of phenolic OH excluding ortho intramolecular Hbond substituents is 1. The molecule has 3 aromatic rings. The van der Waals surface area contributed by atoms with Crippen LogP contribution in [-0.2, 0) is 0 Å². The SMILES string of the molecule is CC1(C)CC[C@@H]2SC(c3cccc(Oc4ccc5cccc(O)c5n4)c3)=N[C@H]21. The van der Waals surface area contributed by atoms with E-state index in [1.165, 1.54) is 12.8 Å². The van der Waals surface area contributed by atoms with Crippen molar-refractivity contribution in [2.45, 2.75) is 38.0 Å². The molecule has 0 unspecified atom stereocenters. The minimum absolute atomic E-state index is 0.155. The zero-order valence-electron chi connectivity index (χ0n) is 15.9. The maximum atomic E-state index is 10.0. The van der Waals surface area contributed by atoms with E-state index in [9.17, 15) is 5.11 Å². The maximum absolute atomic E-state index is 10.0. The van der Waals surface area contributed by atoms with E-state index in [-0.39, 0.29) is 11.2 Å². The van der Waals surface area contributed by atoms with Crippen molar-refractivity contribution < 1.29 is 9.84 Å². The van der Waals surface area contributed by atoms with Gasteiger partial charge < -0.3 is 9.84 Å². The molecular formula is C23H22N2O2S. The third kappa shape index (κ3) is 3.04. The predicted octanol–water partition coefficient (Wildman–Crippen LogP) is 5.78. The van der Waals surface area contributed by atoms with Gasteiger partial charge in [-0.15, -0.1) is 11.8 Å². The number of hydrogen-bond acceptors (Lipinski definition) is 5. The molecular weight excluding hydrogens is 368 g/mol. The number of para-hydroxylation sites is 1. The number of aromatic nitrogens is 1. The topological polar surface area (TPSA) is 54.7 Å². The molecule has 2 heterocycles. The Bertz CT molecular complexity index is 1090. The number of aromatic hydroxyl groups is 1. The molecule has 2 aromatic carbocycles. The Hall–Kier alpha value is -2.53. The first-order valence-electron chi connectivity index (χ1n) is 9.61. The molecule has 5 heteroatoms. The third-order valence-corrected chi connectivity index (χ3v) is 7.08. The van der Waals surface area contributed by atoms with Crippen molar-refractivity contribution in [1.82, 2.24) is 4.98 Å². The highest BCUT2D eigenvalue weighted by molar-refractivity contribution is 8.15. The number of fused-ring (bicyclic) bond motifs is 2. The summed E-state index contributed by atoms with van der Waals surface area (Å²) in [5.74, 6) is 1.34.